The number of aromatic nitrogens is 1. The lowest BCUT2D eigenvalue weighted by atomic mass is 10.1. The molecule has 3 aromatic rings. The van der Waals surface area contributed by atoms with E-state index in [1.54, 1.807) is 18.2 Å². The average Bonchev–Trinajstić information content (AvgIpc) is 2.58. The van der Waals surface area contributed by atoms with Crippen molar-refractivity contribution in [3.8, 4) is 11.5 Å². The Bertz CT molecular complexity index is 1050. The van der Waals surface area contributed by atoms with Crippen LogP contribution < -0.4 is 10.9 Å². The third kappa shape index (κ3) is 4.34. The Morgan fingerprint density at radius 3 is 2.63 bits per heavy atom. The number of esters is 1. The van der Waals surface area contributed by atoms with Crippen LogP contribution in [0.15, 0.2) is 51.7 Å². The zero-order chi connectivity index (χ0) is 19.6. The van der Waals surface area contributed by atoms with Crippen LogP contribution in [0, 0.1) is 6.92 Å². The molecule has 140 valence electrons. The summed E-state index contributed by atoms with van der Waals surface area (Å²) < 4.78 is 10.8. The van der Waals surface area contributed by atoms with E-state index in [0.717, 1.165) is 5.56 Å². The number of carbonyl (C=O) groups is 1. The summed E-state index contributed by atoms with van der Waals surface area (Å²) in [7, 11) is 0. The molecule has 0 aliphatic heterocycles. The van der Waals surface area contributed by atoms with Crippen LogP contribution in [0.2, 0.25) is 0 Å². The molecule has 1 aromatic heterocycles. The molecule has 2 aromatic carbocycles. The van der Waals surface area contributed by atoms with Gasteiger partial charge < -0.3 is 14.5 Å². The number of nitrogens with zero attached hydrogens (tertiary/aromatic N) is 1. The molecule has 6 nitrogen and oxygen atoms in total. The van der Waals surface area contributed by atoms with Gasteiger partial charge in [0.05, 0.1) is 16.5 Å². The number of ether oxygens (including phenoxy) is 1. The normalized spacial score (nSPS) is 11.4. The lowest BCUT2D eigenvalue weighted by Crippen LogP contribution is -2.28. The molecule has 3 rings (SSSR count). The monoisotopic (exact) mass is 366 g/mol. The van der Waals surface area contributed by atoms with Crippen molar-refractivity contribution < 1.29 is 13.9 Å². The molecule has 0 radical (unpaired) electrons. The lowest BCUT2D eigenvalue weighted by molar-refractivity contribution is -0.152. The maximum absolute atomic E-state index is 12.4. The van der Waals surface area contributed by atoms with Gasteiger partial charge in [-0.1, -0.05) is 24.3 Å². The van der Waals surface area contributed by atoms with E-state index < -0.39 is 11.2 Å². The number of hydrogen-bond donors (Lipinski definition) is 1. The van der Waals surface area contributed by atoms with E-state index in [2.05, 4.69) is 10.3 Å². The smallest absolute Gasteiger partial charge is 0.347 e. The van der Waals surface area contributed by atoms with Gasteiger partial charge in [-0.3, -0.25) is 4.79 Å². The standard InChI is InChI=1S/C21H22N2O4/c1-13-8-7-11-16-18(13)20(25)26-19(23-16)14-9-5-6-10-15(14)22-12-17(24)27-21(2,3)4/h5-11,22H,12H2,1-4H3. The largest absolute Gasteiger partial charge is 0.459 e. The fraction of sp³-hybridized carbons (Fsp3) is 0.286. The highest BCUT2D eigenvalue weighted by Crippen LogP contribution is 2.27. The summed E-state index contributed by atoms with van der Waals surface area (Å²) in [6.45, 7) is 7.28. The van der Waals surface area contributed by atoms with Crippen LogP contribution in [-0.2, 0) is 9.53 Å². The highest BCUT2D eigenvalue weighted by Gasteiger charge is 2.17. The fourth-order valence-corrected chi connectivity index (χ4v) is 2.77. The van der Waals surface area contributed by atoms with Gasteiger partial charge in [-0.05, 0) is 51.5 Å². The highest BCUT2D eigenvalue weighted by molar-refractivity contribution is 5.84. The average molecular weight is 366 g/mol. The van der Waals surface area contributed by atoms with Crippen LogP contribution in [0.5, 0.6) is 0 Å². The van der Waals surface area contributed by atoms with Gasteiger partial charge >= 0.3 is 11.6 Å². The Morgan fingerprint density at radius 1 is 1.15 bits per heavy atom. The molecule has 0 bridgehead atoms. The van der Waals surface area contributed by atoms with Crippen LogP contribution in [0.4, 0.5) is 5.69 Å². The number of aryl methyl sites for hydroxylation is 1. The molecular formula is C21H22N2O4. The van der Waals surface area contributed by atoms with Crippen molar-refractivity contribution in [2.24, 2.45) is 0 Å². The van der Waals surface area contributed by atoms with Crippen molar-refractivity contribution >= 4 is 22.6 Å². The van der Waals surface area contributed by atoms with Crippen LogP contribution in [-0.4, -0.2) is 23.1 Å². The number of nitrogens with one attached hydrogen (secondary N) is 1. The number of benzene rings is 2. The van der Waals surface area contributed by atoms with Gasteiger partial charge in [-0.2, -0.15) is 0 Å². The zero-order valence-corrected chi connectivity index (χ0v) is 15.8. The number of rotatable bonds is 4. The van der Waals surface area contributed by atoms with Crippen LogP contribution >= 0.6 is 0 Å². The van der Waals surface area contributed by atoms with E-state index in [1.165, 1.54) is 0 Å². The van der Waals surface area contributed by atoms with Crippen molar-refractivity contribution in [2.75, 3.05) is 11.9 Å². The van der Waals surface area contributed by atoms with E-state index in [9.17, 15) is 9.59 Å². The molecule has 0 aliphatic rings. The predicted molar refractivity (Wildman–Crippen MR) is 105 cm³/mol. The molecule has 0 aliphatic carbocycles. The second-order valence-electron chi connectivity index (χ2n) is 7.26. The predicted octanol–water partition coefficient (Wildman–Crippen LogP) is 3.92. The third-order valence-electron chi connectivity index (χ3n) is 3.87. The quantitative estimate of drug-likeness (QED) is 0.705. The second-order valence-corrected chi connectivity index (χ2v) is 7.26. The molecule has 1 heterocycles. The maximum Gasteiger partial charge on any atom is 0.347 e. The van der Waals surface area contributed by atoms with Gasteiger partial charge in [-0.15, -0.1) is 0 Å². The van der Waals surface area contributed by atoms with E-state index in [1.807, 2.05) is 52.0 Å². The molecule has 0 atom stereocenters. The summed E-state index contributed by atoms with van der Waals surface area (Å²) in [6, 6.07) is 12.7. The fourth-order valence-electron chi connectivity index (χ4n) is 2.77. The number of carbonyl (C=O) groups excluding carboxylic acids is 1. The molecular weight excluding hydrogens is 344 g/mol. The summed E-state index contributed by atoms with van der Waals surface area (Å²) >= 11 is 0. The Morgan fingerprint density at radius 2 is 1.89 bits per heavy atom. The first-order valence-electron chi connectivity index (χ1n) is 8.70. The van der Waals surface area contributed by atoms with Gasteiger partial charge in [0.2, 0.25) is 5.89 Å². The van der Waals surface area contributed by atoms with Gasteiger partial charge in [-0.25, -0.2) is 9.78 Å². The van der Waals surface area contributed by atoms with Crippen molar-refractivity contribution in [1.29, 1.82) is 0 Å². The molecule has 0 saturated heterocycles. The first-order chi connectivity index (χ1) is 12.7. The molecule has 0 fully saturated rings. The van der Waals surface area contributed by atoms with Crippen LogP contribution in [0.3, 0.4) is 0 Å². The van der Waals surface area contributed by atoms with Crippen molar-refractivity contribution in [3.05, 3.63) is 58.4 Å². The van der Waals surface area contributed by atoms with Gasteiger partial charge in [0.25, 0.3) is 0 Å². The minimum absolute atomic E-state index is 0.00873. The topological polar surface area (TPSA) is 81.4 Å². The number of hydrogen-bond acceptors (Lipinski definition) is 6. The van der Waals surface area contributed by atoms with Crippen molar-refractivity contribution in [2.45, 2.75) is 33.3 Å². The van der Waals surface area contributed by atoms with Gasteiger partial charge in [0, 0.05) is 5.69 Å². The summed E-state index contributed by atoms with van der Waals surface area (Å²) in [5.41, 5.74) is 1.63. The van der Waals surface area contributed by atoms with Gasteiger partial charge in [0.15, 0.2) is 0 Å². The minimum Gasteiger partial charge on any atom is -0.459 e. The Balaban J connectivity index is 1.94. The summed E-state index contributed by atoms with van der Waals surface area (Å²) in [4.78, 5) is 28.9. The summed E-state index contributed by atoms with van der Waals surface area (Å²) in [5.74, 6) is -0.175. The van der Waals surface area contributed by atoms with Crippen molar-refractivity contribution in [3.63, 3.8) is 0 Å². The highest BCUT2D eigenvalue weighted by atomic mass is 16.6. The molecule has 0 saturated carbocycles. The van der Waals surface area contributed by atoms with E-state index in [4.69, 9.17) is 9.15 Å². The molecule has 6 heteroatoms. The number of anilines is 1. The Labute approximate surface area is 157 Å². The SMILES string of the molecule is Cc1cccc2nc(-c3ccccc3NCC(=O)OC(C)(C)C)oc(=O)c12. The minimum atomic E-state index is -0.553. The van der Waals surface area contributed by atoms with Gasteiger partial charge in [0.1, 0.15) is 12.1 Å². The Kier molecular flexibility index (Phi) is 4.99. The molecule has 27 heavy (non-hydrogen) atoms. The van der Waals surface area contributed by atoms with E-state index in [-0.39, 0.29) is 18.4 Å². The first-order valence-corrected chi connectivity index (χ1v) is 8.70. The summed E-state index contributed by atoms with van der Waals surface area (Å²) in [6.07, 6.45) is 0. The lowest BCUT2D eigenvalue weighted by Gasteiger charge is -2.20. The summed E-state index contributed by atoms with van der Waals surface area (Å²) in [5, 5.41) is 3.51. The number of para-hydroxylation sites is 1. The van der Waals surface area contributed by atoms with Crippen molar-refractivity contribution in [1.82, 2.24) is 4.98 Å². The third-order valence-corrected chi connectivity index (χ3v) is 3.87. The van der Waals surface area contributed by atoms with E-state index >= 15 is 0 Å². The maximum atomic E-state index is 12.4. The Hall–Kier alpha value is -3.15. The second kappa shape index (κ2) is 7.23. The van der Waals surface area contributed by atoms with Crippen LogP contribution in [0.1, 0.15) is 26.3 Å². The molecule has 0 spiro atoms. The zero-order valence-electron chi connectivity index (χ0n) is 15.8. The molecule has 0 amide bonds. The number of fused-ring (bicyclic) bond motifs is 1. The molecule has 1 N–H and O–H groups in total. The van der Waals surface area contributed by atoms with Crippen LogP contribution in [0.25, 0.3) is 22.4 Å². The molecule has 0 unspecified atom stereocenters. The van der Waals surface area contributed by atoms with E-state index in [0.29, 0.717) is 22.2 Å². The first kappa shape index (κ1) is 18.6.